The lowest BCUT2D eigenvalue weighted by Crippen LogP contribution is -2.25. The van der Waals surface area contributed by atoms with E-state index in [1.165, 1.54) is 0 Å². The van der Waals surface area contributed by atoms with Crippen LogP contribution in [-0.4, -0.2) is 41.0 Å². The van der Waals surface area contributed by atoms with Crippen LogP contribution < -0.4 is 0 Å². The van der Waals surface area contributed by atoms with E-state index in [0.717, 1.165) is 7.11 Å². The van der Waals surface area contributed by atoms with Crippen molar-refractivity contribution in [1.29, 1.82) is 0 Å². The van der Waals surface area contributed by atoms with Crippen molar-refractivity contribution in [3.63, 3.8) is 0 Å². The molecule has 0 aromatic heterocycles. The van der Waals surface area contributed by atoms with E-state index in [1.54, 1.807) is 0 Å². The van der Waals surface area contributed by atoms with Gasteiger partial charge in [0.2, 0.25) is 5.78 Å². The molecule has 2 N–H and O–H groups in total. The van der Waals surface area contributed by atoms with E-state index in [1.807, 2.05) is 0 Å². The molecule has 1 atom stereocenters. The van der Waals surface area contributed by atoms with E-state index in [2.05, 4.69) is 4.74 Å². The minimum absolute atomic E-state index is 0.523. The van der Waals surface area contributed by atoms with Gasteiger partial charge in [-0.05, 0) is 0 Å². The fourth-order valence-corrected chi connectivity index (χ4v) is 0.842. The number of ether oxygens (including phenoxy) is 1. The largest absolute Gasteiger partial charge is 0.481 e. The summed E-state index contributed by atoms with van der Waals surface area (Å²) in [6.07, 6.45) is -1.25. The highest BCUT2D eigenvalue weighted by Gasteiger charge is 2.27. The molecule has 0 saturated heterocycles. The second-order valence-electron chi connectivity index (χ2n) is 2.75. The summed E-state index contributed by atoms with van der Waals surface area (Å²) < 4.78 is 4.21. The third-order valence-corrected chi connectivity index (χ3v) is 1.66. The van der Waals surface area contributed by atoms with E-state index in [4.69, 9.17) is 10.2 Å². The molecule has 0 aliphatic carbocycles. The summed E-state index contributed by atoms with van der Waals surface area (Å²) in [6.45, 7) is 0. The number of carbonyl (C=O) groups is 4. The Balaban J connectivity index is 4.42. The standard InChI is InChI=1S/C8H10O7/c1-15-6(10)3-4(7(11)12)2-5(9)8(13)14/h4H,2-3H2,1H3,(H,11,12)(H,13,14). The molecule has 0 heterocycles. The van der Waals surface area contributed by atoms with Crippen molar-refractivity contribution >= 4 is 23.7 Å². The maximum absolute atomic E-state index is 10.7. The predicted molar refractivity (Wildman–Crippen MR) is 45.0 cm³/mol. The van der Waals surface area contributed by atoms with Gasteiger partial charge in [0.1, 0.15) is 0 Å². The maximum atomic E-state index is 10.7. The Morgan fingerprint density at radius 1 is 1.13 bits per heavy atom. The Morgan fingerprint density at radius 3 is 2.00 bits per heavy atom. The molecule has 0 saturated carbocycles. The van der Waals surface area contributed by atoms with Gasteiger partial charge in [-0.2, -0.15) is 0 Å². The van der Waals surface area contributed by atoms with E-state index in [9.17, 15) is 19.2 Å². The Bertz CT molecular complexity index is 293. The number of carboxylic acid groups (broad SMARTS) is 2. The van der Waals surface area contributed by atoms with E-state index < -0.39 is 42.5 Å². The Hall–Kier alpha value is -1.92. The molecule has 0 radical (unpaired) electrons. The molecule has 0 rings (SSSR count). The van der Waals surface area contributed by atoms with Gasteiger partial charge in [0.15, 0.2) is 0 Å². The summed E-state index contributed by atoms with van der Waals surface area (Å²) in [7, 11) is 1.07. The van der Waals surface area contributed by atoms with Crippen LogP contribution in [0.3, 0.4) is 0 Å². The molecule has 7 heteroatoms. The van der Waals surface area contributed by atoms with Crippen LogP contribution in [0.4, 0.5) is 0 Å². The predicted octanol–water partition coefficient (Wildman–Crippen LogP) is -0.706. The quantitative estimate of drug-likeness (QED) is 0.446. The van der Waals surface area contributed by atoms with Crippen molar-refractivity contribution in [3.8, 4) is 0 Å². The number of aliphatic carboxylic acids is 2. The molecule has 0 bridgehead atoms. The zero-order valence-electron chi connectivity index (χ0n) is 7.93. The maximum Gasteiger partial charge on any atom is 0.372 e. The fourth-order valence-electron chi connectivity index (χ4n) is 0.842. The highest BCUT2D eigenvalue weighted by Crippen LogP contribution is 2.10. The fraction of sp³-hybridized carbons (Fsp3) is 0.500. The van der Waals surface area contributed by atoms with Crippen molar-refractivity contribution < 1.29 is 34.1 Å². The van der Waals surface area contributed by atoms with Crippen molar-refractivity contribution in [2.45, 2.75) is 12.8 Å². The number of hydrogen-bond acceptors (Lipinski definition) is 5. The lowest BCUT2D eigenvalue weighted by Gasteiger charge is -2.07. The molecule has 0 amide bonds. The number of carboxylic acids is 2. The Kier molecular flexibility index (Phi) is 5.00. The second kappa shape index (κ2) is 5.74. The van der Waals surface area contributed by atoms with Gasteiger partial charge in [-0.15, -0.1) is 0 Å². The molecule has 0 aromatic rings. The summed E-state index contributed by atoms with van der Waals surface area (Å²) >= 11 is 0. The number of carbonyl (C=O) groups excluding carboxylic acids is 2. The van der Waals surface area contributed by atoms with Gasteiger partial charge < -0.3 is 14.9 Å². The molecular formula is C8H10O7. The summed E-state index contributed by atoms with van der Waals surface area (Å²) in [5.41, 5.74) is 0. The van der Waals surface area contributed by atoms with Crippen molar-refractivity contribution in [2.75, 3.05) is 7.11 Å². The molecule has 1 unspecified atom stereocenters. The van der Waals surface area contributed by atoms with Gasteiger partial charge in [0, 0.05) is 6.42 Å². The summed E-state index contributed by atoms with van der Waals surface area (Å²) in [4.78, 5) is 42.2. The average molecular weight is 218 g/mol. The van der Waals surface area contributed by atoms with Gasteiger partial charge in [0.05, 0.1) is 19.4 Å². The number of methoxy groups -OCH3 is 1. The molecular weight excluding hydrogens is 208 g/mol. The van der Waals surface area contributed by atoms with Gasteiger partial charge in [-0.1, -0.05) is 0 Å². The van der Waals surface area contributed by atoms with E-state index in [0.29, 0.717) is 0 Å². The molecule has 0 aliphatic rings. The normalized spacial score (nSPS) is 11.5. The SMILES string of the molecule is COC(=O)CC(CC(=O)C(=O)O)C(=O)O. The number of rotatable bonds is 6. The molecule has 0 spiro atoms. The smallest absolute Gasteiger partial charge is 0.372 e. The van der Waals surface area contributed by atoms with Gasteiger partial charge in [-0.3, -0.25) is 14.4 Å². The summed E-state index contributed by atoms with van der Waals surface area (Å²) in [5.74, 6) is -6.53. The third kappa shape index (κ3) is 4.75. The average Bonchev–Trinajstić information content (AvgIpc) is 2.15. The van der Waals surface area contributed by atoms with Crippen LogP contribution in [-0.2, 0) is 23.9 Å². The first-order valence-corrected chi connectivity index (χ1v) is 3.94. The summed E-state index contributed by atoms with van der Waals surface area (Å²) in [5, 5.41) is 16.8. The van der Waals surface area contributed by atoms with Crippen LogP contribution >= 0.6 is 0 Å². The zero-order valence-corrected chi connectivity index (χ0v) is 7.93. The van der Waals surface area contributed by atoms with Crippen LogP contribution in [0.1, 0.15) is 12.8 Å². The van der Waals surface area contributed by atoms with Crippen LogP contribution in [0.25, 0.3) is 0 Å². The van der Waals surface area contributed by atoms with Gasteiger partial charge in [-0.25, -0.2) is 4.79 Å². The number of hydrogen-bond donors (Lipinski definition) is 2. The molecule has 0 aliphatic heterocycles. The summed E-state index contributed by atoms with van der Waals surface area (Å²) in [6, 6.07) is 0. The highest BCUT2D eigenvalue weighted by atomic mass is 16.5. The third-order valence-electron chi connectivity index (χ3n) is 1.66. The lowest BCUT2D eigenvalue weighted by molar-refractivity contribution is -0.154. The lowest BCUT2D eigenvalue weighted by atomic mass is 9.99. The minimum Gasteiger partial charge on any atom is -0.481 e. The zero-order chi connectivity index (χ0) is 12.0. The first-order chi connectivity index (χ1) is 6.88. The minimum atomic E-state index is -1.72. The van der Waals surface area contributed by atoms with Crippen LogP contribution in [0.15, 0.2) is 0 Å². The molecule has 84 valence electrons. The molecule has 0 fully saturated rings. The number of esters is 1. The van der Waals surface area contributed by atoms with Gasteiger partial charge in [0.25, 0.3) is 0 Å². The van der Waals surface area contributed by atoms with E-state index >= 15 is 0 Å². The molecule has 15 heavy (non-hydrogen) atoms. The Morgan fingerprint density at radius 2 is 1.67 bits per heavy atom. The van der Waals surface area contributed by atoms with Crippen molar-refractivity contribution in [1.82, 2.24) is 0 Å². The van der Waals surface area contributed by atoms with Crippen LogP contribution in [0.2, 0.25) is 0 Å². The molecule has 7 nitrogen and oxygen atoms in total. The monoisotopic (exact) mass is 218 g/mol. The first-order valence-electron chi connectivity index (χ1n) is 3.94. The van der Waals surface area contributed by atoms with Crippen molar-refractivity contribution in [2.24, 2.45) is 5.92 Å². The number of ketones is 1. The van der Waals surface area contributed by atoms with Crippen molar-refractivity contribution in [3.05, 3.63) is 0 Å². The second-order valence-corrected chi connectivity index (χ2v) is 2.75. The van der Waals surface area contributed by atoms with E-state index in [-0.39, 0.29) is 0 Å². The van der Waals surface area contributed by atoms with Crippen LogP contribution in [0.5, 0.6) is 0 Å². The topological polar surface area (TPSA) is 118 Å². The first kappa shape index (κ1) is 13.1. The Labute approximate surface area is 84.6 Å². The van der Waals surface area contributed by atoms with Crippen LogP contribution in [0, 0.1) is 5.92 Å². The molecule has 0 aromatic carbocycles. The number of Topliss-reactive ketones (excluding diaryl/α,β-unsaturated/α-hetero) is 1. The highest BCUT2D eigenvalue weighted by molar-refractivity contribution is 6.33. The van der Waals surface area contributed by atoms with Gasteiger partial charge >= 0.3 is 17.9 Å².